The summed E-state index contributed by atoms with van der Waals surface area (Å²) in [6, 6.07) is 7.42. The van der Waals surface area contributed by atoms with E-state index in [9.17, 15) is 14.7 Å². The van der Waals surface area contributed by atoms with Gasteiger partial charge in [0, 0.05) is 13.0 Å². The zero-order valence-corrected chi connectivity index (χ0v) is 12.5. The fraction of sp³-hybridized carbons (Fsp3) is 0.529. The van der Waals surface area contributed by atoms with Gasteiger partial charge >= 0.3 is 5.97 Å². The molecule has 1 saturated heterocycles. The highest BCUT2D eigenvalue weighted by atomic mass is 16.5. The van der Waals surface area contributed by atoms with Gasteiger partial charge in [-0.2, -0.15) is 0 Å². The molecule has 2 aliphatic rings. The van der Waals surface area contributed by atoms with Gasteiger partial charge in [-0.25, -0.2) is 4.79 Å². The van der Waals surface area contributed by atoms with E-state index in [2.05, 4.69) is 12.1 Å². The summed E-state index contributed by atoms with van der Waals surface area (Å²) in [5.74, 6) is -0.857. The van der Waals surface area contributed by atoms with Crippen LogP contribution in [0.3, 0.4) is 0 Å². The minimum absolute atomic E-state index is 0.0718. The lowest BCUT2D eigenvalue weighted by atomic mass is 9.81. The summed E-state index contributed by atoms with van der Waals surface area (Å²) < 4.78 is 5.20. The maximum absolute atomic E-state index is 12.6. The van der Waals surface area contributed by atoms with Gasteiger partial charge in [0.05, 0.1) is 13.2 Å². The van der Waals surface area contributed by atoms with Crippen LogP contribution in [0.4, 0.5) is 0 Å². The summed E-state index contributed by atoms with van der Waals surface area (Å²) in [4.78, 5) is 25.4. The molecule has 118 valence electrons. The van der Waals surface area contributed by atoms with E-state index in [-0.39, 0.29) is 18.4 Å². The van der Waals surface area contributed by atoms with Gasteiger partial charge in [-0.05, 0) is 36.3 Å². The highest BCUT2D eigenvalue weighted by Crippen LogP contribution is 2.34. The minimum atomic E-state index is -0.989. The number of carbonyl (C=O) groups excluding carboxylic acids is 1. The molecule has 2 atom stereocenters. The van der Waals surface area contributed by atoms with Crippen LogP contribution in [0.25, 0.3) is 0 Å². The van der Waals surface area contributed by atoms with Crippen LogP contribution < -0.4 is 0 Å². The number of carboxylic acids is 1. The summed E-state index contributed by atoms with van der Waals surface area (Å²) in [6.07, 6.45) is 3.53. The van der Waals surface area contributed by atoms with E-state index in [0.717, 1.165) is 19.3 Å². The highest BCUT2D eigenvalue weighted by molar-refractivity contribution is 5.84. The number of carbonyl (C=O) groups is 2. The van der Waals surface area contributed by atoms with Crippen molar-refractivity contribution >= 4 is 11.9 Å². The summed E-state index contributed by atoms with van der Waals surface area (Å²) in [7, 11) is 0. The first-order valence-corrected chi connectivity index (χ1v) is 7.84. The Morgan fingerprint density at radius 1 is 1.32 bits per heavy atom. The first kappa shape index (κ1) is 15.0. The normalized spacial score (nSPS) is 24.6. The standard InChI is InChI=1S/C17H21NO4/c19-16(18-8-9-22-11-15(18)17(20)21)10-13-6-3-5-12-4-1-2-7-14(12)13/h1-2,4,7,13,15H,3,5-6,8-11H2,(H,20,21)/t13-,15+/m1/s1. The van der Waals surface area contributed by atoms with Crippen LogP contribution in [0.15, 0.2) is 24.3 Å². The van der Waals surface area contributed by atoms with Gasteiger partial charge in [0.1, 0.15) is 0 Å². The Hall–Kier alpha value is -1.88. The molecule has 0 bridgehead atoms. The highest BCUT2D eigenvalue weighted by Gasteiger charge is 2.34. The average molecular weight is 303 g/mol. The Bertz CT molecular complexity index is 572. The number of amides is 1. The van der Waals surface area contributed by atoms with E-state index in [0.29, 0.717) is 19.6 Å². The van der Waals surface area contributed by atoms with Crippen molar-refractivity contribution in [1.29, 1.82) is 0 Å². The van der Waals surface area contributed by atoms with Crippen molar-refractivity contribution in [2.75, 3.05) is 19.8 Å². The summed E-state index contributed by atoms with van der Waals surface area (Å²) in [6.45, 7) is 0.864. The number of nitrogens with zero attached hydrogens (tertiary/aromatic N) is 1. The molecule has 0 unspecified atom stereocenters. The predicted molar refractivity (Wildman–Crippen MR) is 80.7 cm³/mol. The number of aliphatic carboxylic acids is 1. The third-order valence-electron chi connectivity index (χ3n) is 4.65. The Balaban J connectivity index is 1.73. The number of ether oxygens (including phenoxy) is 1. The van der Waals surface area contributed by atoms with Crippen molar-refractivity contribution in [2.45, 2.75) is 37.6 Å². The van der Waals surface area contributed by atoms with Gasteiger partial charge in [-0.3, -0.25) is 4.79 Å². The molecule has 1 amide bonds. The molecular weight excluding hydrogens is 282 g/mol. The lowest BCUT2D eigenvalue weighted by molar-refractivity contribution is -0.158. The fourth-order valence-electron chi connectivity index (χ4n) is 3.50. The lowest BCUT2D eigenvalue weighted by Crippen LogP contribution is -2.52. The van der Waals surface area contributed by atoms with Crippen LogP contribution in [0, 0.1) is 0 Å². The first-order chi connectivity index (χ1) is 10.7. The molecule has 5 nitrogen and oxygen atoms in total. The SMILES string of the molecule is O=C(O)[C@@H]1COCCN1C(=O)C[C@H]1CCCc2ccccc21. The summed E-state index contributed by atoms with van der Waals surface area (Å²) in [5, 5.41) is 9.25. The second-order valence-electron chi connectivity index (χ2n) is 6.01. The van der Waals surface area contributed by atoms with E-state index in [1.165, 1.54) is 16.0 Å². The number of benzene rings is 1. The third-order valence-corrected chi connectivity index (χ3v) is 4.65. The molecule has 1 aliphatic carbocycles. The van der Waals surface area contributed by atoms with Crippen molar-refractivity contribution in [3.63, 3.8) is 0 Å². The second kappa shape index (κ2) is 6.48. The molecule has 0 spiro atoms. The number of morpholine rings is 1. The van der Waals surface area contributed by atoms with Crippen LogP contribution in [0.1, 0.15) is 36.3 Å². The molecule has 3 rings (SSSR count). The summed E-state index contributed by atoms with van der Waals surface area (Å²) in [5.41, 5.74) is 2.57. The maximum Gasteiger partial charge on any atom is 0.328 e. The molecule has 1 heterocycles. The van der Waals surface area contributed by atoms with Crippen LogP contribution in [-0.2, 0) is 20.7 Å². The Morgan fingerprint density at radius 3 is 2.95 bits per heavy atom. The van der Waals surface area contributed by atoms with Crippen molar-refractivity contribution in [2.24, 2.45) is 0 Å². The largest absolute Gasteiger partial charge is 0.480 e. The Morgan fingerprint density at radius 2 is 2.14 bits per heavy atom. The van der Waals surface area contributed by atoms with Crippen molar-refractivity contribution < 1.29 is 19.4 Å². The number of hydrogen-bond acceptors (Lipinski definition) is 3. The monoisotopic (exact) mass is 303 g/mol. The zero-order valence-electron chi connectivity index (χ0n) is 12.5. The van der Waals surface area contributed by atoms with Gasteiger partial charge in [0.2, 0.25) is 5.91 Å². The van der Waals surface area contributed by atoms with E-state index >= 15 is 0 Å². The van der Waals surface area contributed by atoms with E-state index < -0.39 is 12.0 Å². The maximum atomic E-state index is 12.6. The van der Waals surface area contributed by atoms with Crippen molar-refractivity contribution in [1.82, 2.24) is 4.90 Å². The first-order valence-electron chi connectivity index (χ1n) is 7.84. The number of hydrogen-bond donors (Lipinski definition) is 1. The molecule has 1 fully saturated rings. The smallest absolute Gasteiger partial charge is 0.328 e. The topological polar surface area (TPSA) is 66.8 Å². The van der Waals surface area contributed by atoms with Crippen molar-refractivity contribution in [3.8, 4) is 0 Å². The summed E-state index contributed by atoms with van der Waals surface area (Å²) >= 11 is 0. The third kappa shape index (κ3) is 2.99. The van der Waals surface area contributed by atoms with Gasteiger partial charge < -0.3 is 14.7 Å². The molecule has 1 N–H and O–H groups in total. The molecule has 0 radical (unpaired) electrons. The fourth-order valence-corrected chi connectivity index (χ4v) is 3.50. The molecule has 1 aliphatic heterocycles. The second-order valence-corrected chi connectivity index (χ2v) is 6.01. The molecule has 22 heavy (non-hydrogen) atoms. The van der Waals surface area contributed by atoms with Crippen LogP contribution in [-0.4, -0.2) is 47.7 Å². The Kier molecular flexibility index (Phi) is 4.43. The predicted octanol–water partition coefficient (Wildman–Crippen LogP) is 1.81. The molecular formula is C17H21NO4. The quantitative estimate of drug-likeness (QED) is 0.925. The number of aryl methyl sites for hydroxylation is 1. The molecule has 0 aromatic heterocycles. The van der Waals surface area contributed by atoms with Gasteiger partial charge in [0.15, 0.2) is 6.04 Å². The molecule has 1 aromatic rings. The molecule has 5 heteroatoms. The van der Waals surface area contributed by atoms with Gasteiger partial charge in [-0.1, -0.05) is 24.3 Å². The number of rotatable bonds is 3. The average Bonchev–Trinajstić information content (AvgIpc) is 2.55. The number of fused-ring (bicyclic) bond motifs is 1. The van der Waals surface area contributed by atoms with Crippen LogP contribution in [0.2, 0.25) is 0 Å². The van der Waals surface area contributed by atoms with Gasteiger partial charge in [0.25, 0.3) is 0 Å². The van der Waals surface area contributed by atoms with Crippen LogP contribution >= 0.6 is 0 Å². The van der Waals surface area contributed by atoms with Crippen LogP contribution in [0.5, 0.6) is 0 Å². The zero-order chi connectivity index (χ0) is 15.5. The minimum Gasteiger partial charge on any atom is -0.480 e. The lowest BCUT2D eigenvalue weighted by Gasteiger charge is -2.34. The molecule has 1 aromatic carbocycles. The van der Waals surface area contributed by atoms with Gasteiger partial charge in [-0.15, -0.1) is 0 Å². The number of carboxylic acid groups (broad SMARTS) is 1. The van der Waals surface area contributed by atoms with E-state index in [1.807, 2.05) is 12.1 Å². The Labute approximate surface area is 129 Å². The molecule has 0 saturated carbocycles. The van der Waals surface area contributed by atoms with E-state index in [1.54, 1.807) is 0 Å². The van der Waals surface area contributed by atoms with E-state index in [4.69, 9.17) is 4.74 Å². The van der Waals surface area contributed by atoms with Crippen molar-refractivity contribution in [3.05, 3.63) is 35.4 Å².